The number of rotatable bonds is 5. The Bertz CT molecular complexity index is 473. The van der Waals surface area contributed by atoms with E-state index in [4.69, 9.17) is 4.74 Å². The average Bonchev–Trinajstić information content (AvgIpc) is 2.43. The van der Waals surface area contributed by atoms with Crippen molar-refractivity contribution in [1.29, 1.82) is 0 Å². The van der Waals surface area contributed by atoms with Gasteiger partial charge in [-0.05, 0) is 26.2 Å². The van der Waals surface area contributed by atoms with Crippen molar-refractivity contribution in [3.05, 3.63) is 11.9 Å². The number of ether oxygens (including phenoxy) is 1. The molecule has 5 nitrogen and oxygen atoms in total. The lowest BCUT2D eigenvalue weighted by atomic mass is 10.0. The van der Waals surface area contributed by atoms with Crippen LogP contribution in [0.15, 0.2) is 6.33 Å². The molecule has 1 aliphatic heterocycles. The number of morpholine rings is 1. The van der Waals surface area contributed by atoms with Crippen molar-refractivity contribution < 1.29 is 4.74 Å². The van der Waals surface area contributed by atoms with E-state index in [1.807, 2.05) is 0 Å². The molecule has 21 heavy (non-hydrogen) atoms. The lowest BCUT2D eigenvalue weighted by molar-refractivity contribution is -0.0279. The van der Waals surface area contributed by atoms with Gasteiger partial charge in [-0.3, -0.25) is 0 Å². The molecule has 0 aromatic carbocycles. The third-order valence-corrected chi connectivity index (χ3v) is 3.71. The molecule has 0 bridgehead atoms. The molecule has 1 fully saturated rings. The maximum absolute atomic E-state index is 5.81. The summed E-state index contributed by atoms with van der Waals surface area (Å²) in [6, 6.07) is 0. The summed E-state index contributed by atoms with van der Waals surface area (Å²) in [5.41, 5.74) is 1.08. The molecular weight excluding hydrogens is 264 g/mol. The van der Waals surface area contributed by atoms with E-state index < -0.39 is 0 Å². The van der Waals surface area contributed by atoms with E-state index in [9.17, 15) is 0 Å². The van der Waals surface area contributed by atoms with Crippen LogP contribution in [-0.2, 0) is 4.74 Å². The van der Waals surface area contributed by atoms with Gasteiger partial charge in [0, 0.05) is 25.2 Å². The molecule has 2 rings (SSSR count). The molecule has 0 aliphatic carbocycles. The highest BCUT2D eigenvalue weighted by Crippen LogP contribution is 2.32. The summed E-state index contributed by atoms with van der Waals surface area (Å²) in [5, 5.41) is 3.44. The second-order valence-corrected chi connectivity index (χ2v) is 6.57. The number of nitrogens with one attached hydrogen (secondary N) is 1. The van der Waals surface area contributed by atoms with Gasteiger partial charge in [-0.2, -0.15) is 0 Å². The Morgan fingerprint density at radius 3 is 2.76 bits per heavy atom. The highest BCUT2D eigenvalue weighted by molar-refractivity contribution is 5.60. The molecule has 1 N–H and O–H groups in total. The highest BCUT2D eigenvalue weighted by Gasteiger charge is 2.30. The quantitative estimate of drug-likeness (QED) is 0.904. The van der Waals surface area contributed by atoms with E-state index in [0.717, 1.165) is 44.3 Å². The van der Waals surface area contributed by atoms with Crippen LogP contribution in [-0.4, -0.2) is 41.8 Å². The van der Waals surface area contributed by atoms with Gasteiger partial charge in [-0.15, -0.1) is 0 Å². The fourth-order valence-electron chi connectivity index (χ4n) is 2.75. The molecule has 118 valence electrons. The van der Waals surface area contributed by atoms with E-state index in [-0.39, 0.29) is 5.60 Å². The molecule has 0 atom stereocenters. The minimum Gasteiger partial charge on any atom is -0.372 e. The minimum absolute atomic E-state index is 0.130. The van der Waals surface area contributed by atoms with Gasteiger partial charge in [0.15, 0.2) is 0 Å². The standard InChI is InChI=1S/C16H28N4O/c1-6-7-17-14-13(12(2)3)15(19-11-18-14)20-8-9-21-16(4,5)10-20/h11-12H,6-10H2,1-5H3,(H,17,18,19). The third-order valence-electron chi connectivity index (χ3n) is 3.71. The highest BCUT2D eigenvalue weighted by atomic mass is 16.5. The predicted molar refractivity (Wildman–Crippen MR) is 87.1 cm³/mol. The van der Waals surface area contributed by atoms with Gasteiger partial charge in [0.05, 0.1) is 12.2 Å². The lowest BCUT2D eigenvalue weighted by Crippen LogP contribution is -2.49. The Morgan fingerprint density at radius 1 is 1.38 bits per heavy atom. The predicted octanol–water partition coefficient (Wildman–Crippen LogP) is 3.04. The van der Waals surface area contributed by atoms with Crippen molar-refractivity contribution in [1.82, 2.24) is 9.97 Å². The van der Waals surface area contributed by atoms with Gasteiger partial charge in [-0.25, -0.2) is 9.97 Å². The van der Waals surface area contributed by atoms with Crippen molar-refractivity contribution in [2.24, 2.45) is 0 Å². The van der Waals surface area contributed by atoms with E-state index >= 15 is 0 Å². The molecule has 1 saturated heterocycles. The van der Waals surface area contributed by atoms with Crippen molar-refractivity contribution in [3.8, 4) is 0 Å². The molecule has 0 radical (unpaired) electrons. The Kier molecular flexibility index (Phi) is 5.04. The number of aromatic nitrogens is 2. The van der Waals surface area contributed by atoms with Crippen molar-refractivity contribution in [2.45, 2.75) is 52.6 Å². The Morgan fingerprint density at radius 2 is 2.14 bits per heavy atom. The zero-order valence-corrected chi connectivity index (χ0v) is 13.9. The fraction of sp³-hybridized carbons (Fsp3) is 0.750. The normalized spacial score (nSPS) is 18.1. The number of anilines is 2. The van der Waals surface area contributed by atoms with Crippen molar-refractivity contribution in [2.75, 3.05) is 36.5 Å². The van der Waals surface area contributed by atoms with Crippen LogP contribution in [0.5, 0.6) is 0 Å². The minimum atomic E-state index is -0.130. The van der Waals surface area contributed by atoms with E-state index in [1.54, 1.807) is 6.33 Å². The molecule has 0 saturated carbocycles. The summed E-state index contributed by atoms with van der Waals surface area (Å²) in [6.45, 7) is 14.2. The Labute approximate surface area is 128 Å². The second-order valence-electron chi connectivity index (χ2n) is 6.57. The van der Waals surface area contributed by atoms with Crippen LogP contribution in [0.1, 0.15) is 52.5 Å². The van der Waals surface area contributed by atoms with Crippen molar-refractivity contribution in [3.63, 3.8) is 0 Å². The average molecular weight is 292 g/mol. The maximum atomic E-state index is 5.81. The fourth-order valence-corrected chi connectivity index (χ4v) is 2.75. The summed E-state index contributed by atoms with van der Waals surface area (Å²) < 4.78 is 5.81. The molecule has 1 aromatic heterocycles. The third kappa shape index (κ3) is 3.84. The van der Waals surface area contributed by atoms with Crippen LogP contribution >= 0.6 is 0 Å². The van der Waals surface area contributed by atoms with E-state index in [1.165, 1.54) is 5.56 Å². The van der Waals surface area contributed by atoms with Crippen LogP contribution in [0.4, 0.5) is 11.6 Å². The van der Waals surface area contributed by atoms with E-state index in [0.29, 0.717) is 5.92 Å². The molecule has 1 aromatic rings. The van der Waals surface area contributed by atoms with Crippen LogP contribution < -0.4 is 10.2 Å². The molecule has 1 aliphatic rings. The summed E-state index contributed by atoms with van der Waals surface area (Å²) in [7, 11) is 0. The molecule has 0 spiro atoms. The molecule has 5 heteroatoms. The van der Waals surface area contributed by atoms with Gasteiger partial charge in [0.25, 0.3) is 0 Å². The summed E-state index contributed by atoms with van der Waals surface area (Å²) >= 11 is 0. The first-order valence-corrected chi connectivity index (χ1v) is 7.92. The number of hydrogen-bond donors (Lipinski definition) is 1. The van der Waals surface area contributed by atoms with Crippen LogP contribution in [0.25, 0.3) is 0 Å². The first-order chi connectivity index (χ1) is 9.94. The Hall–Kier alpha value is -1.36. The number of hydrogen-bond acceptors (Lipinski definition) is 5. The van der Waals surface area contributed by atoms with Gasteiger partial charge < -0.3 is 15.0 Å². The van der Waals surface area contributed by atoms with Gasteiger partial charge >= 0.3 is 0 Å². The molecular formula is C16H28N4O. The summed E-state index contributed by atoms with van der Waals surface area (Å²) in [5.74, 6) is 2.41. The Balaban J connectivity index is 2.33. The monoisotopic (exact) mass is 292 g/mol. The maximum Gasteiger partial charge on any atom is 0.137 e. The van der Waals surface area contributed by atoms with E-state index in [2.05, 4.69) is 54.8 Å². The molecule has 0 amide bonds. The molecule has 0 unspecified atom stereocenters. The zero-order chi connectivity index (χ0) is 15.5. The van der Waals surface area contributed by atoms with Crippen molar-refractivity contribution >= 4 is 11.6 Å². The zero-order valence-electron chi connectivity index (χ0n) is 13.9. The van der Waals surface area contributed by atoms with Crippen LogP contribution in [0, 0.1) is 0 Å². The first kappa shape index (κ1) is 16.0. The lowest BCUT2D eigenvalue weighted by Gasteiger charge is -2.39. The van der Waals surface area contributed by atoms with Crippen LogP contribution in [0.2, 0.25) is 0 Å². The largest absolute Gasteiger partial charge is 0.372 e. The topological polar surface area (TPSA) is 50.3 Å². The van der Waals surface area contributed by atoms with Gasteiger partial charge in [0.2, 0.25) is 0 Å². The summed E-state index contributed by atoms with van der Waals surface area (Å²) in [4.78, 5) is 11.4. The second kappa shape index (κ2) is 6.60. The van der Waals surface area contributed by atoms with Gasteiger partial charge in [-0.1, -0.05) is 20.8 Å². The molecule has 2 heterocycles. The summed E-state index contributed by atoms with van der Waals surface area (Å²) in [6.07, 6.45) is 2.75. The number of nitrogens with zero attached hydrogens (tertiary/aromatic N) is 3. The smallest absolute Gasteiger partial charge is 0.137 e. The SMILES string of the molecule is CCCNc1ncnc(N2CCOC(C)(C)C2)c1C(C)C. The van der Waals surface area contributed by atoms with Crippen LogP contribution in [0.3, 0.4) is 0 Å². The first-order valence-electron chi connectivity index (χ1n) is 7.92. The van der Waals surface area contributed by atoms with Gasteiger partial charge in [0.1, 0.15) is 18.0 Å².